The standard InChI is InChI=1S/C18H17ClO.Na.H/c1-14(20)18(16-7-3-2-4-8-16)9-5-6-15-10-12-17(19)13-11-15;;/h2-8,10-13,18H,9H2,1H3;;/q;+1;-1. The van der Waals surface area contributed by atoms with Crippen LogP contribution in [0.1, 0.15) is 31.8 Å². The van der Waals surface area contributed by atoms with Gasteiger partial charge in [0.1, 0.15) is 5.78 Å². The molecule has 0 saturated carbocycles. The van der Waals surface area contributed by atoms with E-state index in [-0.39, 0.29) is 42.7 Å². The van der Waals surface area contributed by atoms with E-state index < -0.39 is 0 Å². The Morgan fingerprint density at radius 1 is 1.14 bits per heavy atom. The van der Waals surface area contributed by atoms with Crippen molar-refractivity contribution in [1.29, 1.82) is 0 Å². The van der Waals surface area contributed by atoms with Crippen LogP contribution >= 0.6 is 11.6 Å². The Morgan fingerprint density at radius 3 is 2.33 bits per heavy atom. The van der Waals surface area contributed by atoms with Crippen molar-refractivity contribution in [2.45, 2.75) is 19.3 Å². The van der Waals surface area contributed by atoms with E-state index >= 15 is 0 Å². The normalized spacial score (nSPS) is 11.9. The summed E-state index contributed by atoms with van der Waals surface area (Å²) in [5, 5.41) is 0.730. The van der Waals surface area contributed by atoms with Gasteiger partial charge in [0.2, 0.25) is 0 Å². The number of ketones is 1. The summed E-state index contributed by atoms with van der Waals surface area (Å²) < 4.78 is 0. The molecule has 1 unspecified atom stereocenters. The first-order valence-electron chi connectivity index (χ1n) is 6.64. The molecule has 1 atom stereocenters. The summed E-state index contributed by atoms with van der Waals surface area (Å²) in [6.07, 6.45) is 4.78. The van der Waals surface area contributed by atoms with Crippen LogP contribution in [0.2, 0.25) is 5.02 Å². The minimum Gasteiger partial charge on any atom is -1.00 e. The fraction of sp³-hybridized carbons (Fsp3) is 0.167. The summed E-state index contributed by atoms with van der Waals surface area (Å²) in [6, 6.07) is 17.5. The maximum Gasteiger partial charge on any atom is 1.00 e. The van der Waals surface area contributed by atoms with Crippen LogP contribution in [0.4, 0.5) is 0 Å². The third kappa shape index (κ3) is 5.80. The van der Waals surface area contributed by atoms with Crippen molar-refractivity contribution in [2.24, 2.45) is 0 Å². The fourth-order valence-electron chi connectivity index (χ4n) is 2.14. The predicted octanol–water partition coefficient (Wildman–Crippen LogP) is 2.23. The molecule has 0 spiro atoms. The molecule has 0 aromatic heterocycles. The fourth-order valence-corrected chi connectivity index (χ4v) is 2.26. The molecular formula is C18H18ClNaO. The smallest absolute Gasteiger partial charge is 1.00 e. The third-order valence-corrected chi connectivity index (χ3v) is 3.50. The second kappa shape index (κ2) is 9.22. The molecule has 0 bridgehead atoms. The summed E-state index contributed by atoms with van der Waals surface area (Å²) in [5.41, 5.74) is 2.16. The molecule has 2 aromatic carbocycles. The van der Waals surface area contributed by atoms with Crippen LogP contribution in [0, 0.1) is 0 Å². The van der Waals surface area contributed by atoms with Crippen molar-refractivity contribution in [2.75, 3.05) is 0 Å². The van der Waals surface area contributed by atoms with Crippen LogP contribution in [0.3, 0.4) is 0 Å². The number of carbonyl (C=O) groups excluding carboxylic acids is 1. The van der Waals surface area contributed by atoms with Gasteiger partial charge in [0, 0.05) is 10.9 Å². The van der Waals surface area contributed by atoms with Crippen LogP contribution in [0.5, 0.6) is 0 Å². The summed E-state index contributed by atoms with van der Waals surface area (Å²) in [6.45, 7) is 1.65. The summed E-state index contributed by atoms with van der Waals surface area (Å²) in [4.78, 5) is 11.8. The molecule has 1 nitrogen and oxygen atoms in total. The Balaban J connectivity index is 0.00000220. The van der Waals surface area contributed by atoms with E-state index in [1.54, 1.807) is 6.92 Å². The van der Waals surface area contributed by atoms with Gasteiger partial charge >= 0.3 is 29.6 Å². The number of rotatable bonds is 5. The minimum atomic E-state index is -0.0697. The second-order valence-corrected chi connectivity index (χ2v) is 5.20. The van der Waals surface area contributed by atoms with Crippen molar-refractivity contribution in [3.8, 4) is 0 Å². The molecule has 0 amide bonds. The molecule has 2 rings (SSSR count). The predicted molar refractivity (Wildman–Crippen MR) is 86.1 cm³/mol. The van der Waals surface area contributed by atoms with Gasteiger partial charge in [-0.05, 0) is 36.6 Å². The van der Waals surface area contributed by atoms with E-state index in [2.05, 4.69) is 0 Å². The molecule has 0 aliphatic heterocycles. The van der Waals surface area contributed by atoms with Crippen molar-refractivity contribution in [3.05, 3.63) is 76.8 Å². The molecule has 21 heavy (non-hydrogen) atoms. The number of allylic oxidation sites excluding steroid dienone is 1. The largest absolute Gasteiger partial charge is 1.00 e. The van der Waals surface area contributed by atoms with Gasteiger partial charge in [-0.2, -0.15) is 0 Å². The van der Waals surface area contributed by atoms with Gasteiger partial charge in [-0.25, -0.2) is 0 Å². The summed E-state index contributed by atoms with van der Waals surface area (Å²) >= 11 is 5.85. The Morgan fingerprint density at radius 2 is 1.76 bits per heavy atom. The number of hydrogen-bond acceptors (Lipinski definition) is 1. The van der Waals surface area contributed by atoms with Crippen molar-refractivity contribution in [1.82, 2.24) is 0 Å². The zero-order valence-corrected chi connectivity index (χ0v) is 15.2. The quantitative estimate of drug-likeness (QED) is 0.774. The molecule has 0 heterocycles. The monoisotopic (exact) mass is 308 g/mol. The number of hydrogen-bond donors (Lipinski definition) is 0. The number of halogens is 1. The topological polar surface area (TPSA) is 17.1 Å². The van der Waals surface area contributed by atoms with Crippen molar-refractivity contribution in [3.63, 3.8) is 0 Å². The minimum absolute atomic E-state index is 0. The summed E-state index contributed by atoms with van der Waals surface area (Å²) in [5.74, 6) is 0.122. The van der Waals surface area contributed by atoms with Gasteiger partial charge in [-0.15, -0.1) is 0 Å². The number of carbonyl (C=O) groups is 1. The van der Waals surface area contributed by atoms with Crippen molar-refractivity contribution >= 4 is 23.5 Å². The first-order chi connectivity index (χ1) is 9.66. The second-order valence-electron chi connectivity index (χ2n) is 4.76. The van der Waals surface area contributed by atoms with Crippen LogP contribution in [0.15, 0.2) is 60.7 Å². The van der Waals surface area contributed by atoms with Gasteiger partial charge in [0.15, 0.2) is 0 Å². The maximum absolute atomic E-state index is 11.8. The van der Waals surface area contributed by atoms with E-state index in [9.17, 15) is 4.79 Å². The molecule has 104 valence electrons. The Kier molecular flexibility index (Phi) is 7.98. The van der Waals surface area contributed by atoms with Crippen LogP contribution < -0.4 is 29.6 Å². The molecule has 0 radical (unpaired) electrons. The SMILES string of the molecule is CC(=O)C(CC=Cc1ccc(Cl)cc1)c1ccccc1.[H-].[Na+]. The van der Waals surface area contributed by atoms with Gasteiger partial charge < -0.3 is 1.43 Å². The van der Waals surface area contributed by atoms with Gasteiger partial charge in [0.05, 0.1) is 0 Å². The Bertz CT molecular complexity index is 596. The first-order valence-corrected chi connectivity index (χ1v) is 7.02. The molecule has 0 N–H and O–H groups in total. The molecule has 2 aromatic rings. The third-order valence-electron chi connectivity index (χ3n) is 3.24. The van der Waals surface area contributed by atoms with E-state index in [1.165, 1.54) is 0 Å². The molecule has 0 saturated heterocycles. The van der Waals surface area contributed by atoms with E-state index in [1.807, 2.05) is 66.7 Å². The van der Waals surface area contributed by atoms with Crippen molar-refractivity contribution < 1.29 is 35.8 Å². The average molecular weight is 309 g/mol. The average Bonchev–Trinajstić information content (AvgIpc) is 2.46. The Hall–Kier alpha value is -0.860. The molecule has 0 fully saturated rings. The number of Topliss-reactive ketones (excluding diaryl/α,β-unsaturated/α-hetero) is 1. The van der Waals surface area contributed by atoms with Gasteiger partial charge in [0.25, 0.3) is 0 Å². The molecule has 0 aliphatic rings. The maximum atomic E-state index is 11.8. The van der Waals surface area contributed by atoms with Crippen LogP contribution in [-0.2, 0) is 4.79 Å². The van der Waals surface area contributed by atoms with Gasteiger partial charge in [-0.1, -0.05) is 66.2 Å². The summed E-state index contributed by atoms with van der Waals surface area (Å²) in [7, 11) is 0. The zero-order chi connectivity index (χ0) is 14.4. The molecular weight excluding hydrogens is 291 g/mol. The first kappa shape index (κ1) is 18.2. The molecule has 3 heteroatoms. The number of benzene rings is 2. The van der Waals surface area contributed by atoms with E-state index in [0.717, 1.165) is 16.1 Å². The van der Waals surface area contributed by atoms with E-state index in [0.29, 0.717) is 6.42 Å². The molecule has 0 aliphatic carbocycles. The zero-order valence-electron chi connectivity index (χ0n) is 13.4. The van der Waals surface area contributed by atoms with Crippen LogP contribution in [-0.4, -0.2) is 5.78 Å². The van der Waals surface area contributed by atoms with E-state index in [4.69, 9.17) is 11.6 Å². The van der Waals surface area contributed by atoms with Gasteiger partial charge in [-0.3, -0.25) is 4.79 Å². The Labute approximate surface area is 154 Å². The van der Waals surface area contributed by atoms with Crippen LogP contribution in [0.25, 0.3) is 6.08 Å².